The Morgan fingerprint density at radius 2 is 1.58 bits per heavy atom. The van der Waals surface area contributed by atoms with Gasteiger partial charge in [-0.3, -0.25) is 0 Å². The monoisotopic (exact) mass is 813 g/mol. The van der Waals surface area contributed by atoms with Crippen molar-refractivity contribution in [2.24, 2.45) is 0 Å². The molecule has 0 bridgehead atoms. The number of rotatable bonds is 4. The SMILES string of the molecule is [2H]c1c([2H])c([2H])c2c(c1[2H])c1ccc(Oc3[c-]c(N4[CH-]n5ccnc5-c5ccccc54)cc(C(C)(C)C)c3)[c-]c1n2-c1cc(C(C)(C)C)ccn1.[Pt]. The van der Waals surface area contributed by atoms with E-state index in [1.54, 1.807) is 23.0 Å². The molecule has 0 saturated carbocycles. The van der Waals surface area contributed by atoms with Crippen molar-refractivity contribution in [3.63, 3.8) is 0 Å². The third kappa shape index (κ3) is 5.48. The first-order valence-electron chi connectivity index (χ1n) is 17.7. The van der Waals surface area contributed by atoms with E-state index in [4.69, 9.17) is 15.2 Å². The Kier molecular flexibility index (Phi) is 6.63. The van der Waals surface area contributed by atoms with E-state index in [9.17, 15) is 0 Å². The Morgan fingerprint density at radius 3 is 2.40 bits per heavy atom. The van der Waals surface area contributed by atoms with Crippen LogP contribution < -0.4 is 9.64 Å². The van der Waals surface area contributed by atoms with Gasteiger partial charge in [0.1, 0.15) is 5.82 Å². The Labute approximate surface area is 301 Å². The standard InChI is InChI=1S/C41H36N5O.Pt/c1-40(2,3)27-17-18-42-38(23-27)46-36-14-10-7-11-32(36)33-16-15-30(25-37(33)46)47-31-22-28(41(4,5)6)21-29(24-31)45-26-44-20-19-43-39(44)34-12-8-9-13-35(34)45;/h7-23,26H,1-6H3;/q-3;/i7D,10D,11D,14D;. The quantitative estimate of drug-likeness (QED) is 0.166. The zero-order valence-electron chi connectivity index (χ0n) is 31.5. The van der Waals surface area contributed by atoms with E-state index in [-0.39, 0.29) is 56.1 Å². The van der Waals surface area contributed by atoms with Crippen LogP contribution in [0.15, 0.2) is 103 Å². The van der Waals surface area contributed by atoms with Crippen molar-refractivity contribution in [1.82, 2.24) is 19.1 Å². The van der Waals surface area contributed by atoms with Crippen LogP contribution in [0.25, 0.3) is 39.0 Å². The maximum atomic E-state index is 8.95. The molecule has 48 heavy (non-hydrogen) atoms. The number of ether oxygens (including phenoxy) is 1. The fourth-order valence-electron chi connectivity index (χ4n) is 6.05. The third-order valence-electron chi connectivity index (χ3n) is 8.61. The average Bonchev–Trinajstić information content (AvgIpc) is 3.72. The van der Waals surface area contributed by atoms with Crippen molar-refractivity contribution in [3.8, 4) is 28.7 Å². The van der Waals surface area contributed by atoms with E-state index in [1.165, 1.54) is 0 Å². The molecule has 6 nitrogen and oxygen atoms in total. The predicted molar refractivity (Wildman–Crippen MR) is 190 cm³/mol. The van der Waals surface area contributed by atoms with Gasteiger partial charge in [0.15, 0.2) is 0 Å². The van der Waals surface area contributed by atoms with Crippen LogP contribution in [0.3, 0.4) is 0 Å². The van der Waals surface area contributed by atoms with E-state index in [0.29, 0.717) is 39.1 Å². The van der Waals surface area contributed by atoms with Gasteiger partial charge in [0.2, 0.25) is 0 Å². The fourth-order valence-corrected chi connectivity index (χ4v) is 6.05. The molecule has 244 valence electrons. The molecule has 0 aliphatic carbocycles. The van der Waals surface area contributed by atoms with Crippen LogP contribution in [0, 0.1) is 18.8 Å². The van der Waals surface area contributed by atoms with Crippen molar-refractivity contribution in [3.05, 3.63) is 133 Å². The first-order chi connectivity index (χ1) is 24.2. The number of para-hydroxylation sites is 2. The largest absolute Gasteiger partial charge is 0.509 e. The molecule has 1 aliphatic heterocycles. The summed E-state index contributed by atoms with van der Waals surface area (Å²) >= 11 is 0. The number of anilines is 2. The predicted octanol–water partition coefficient (Wildman–Crippen LogP) is 10.1. The van der Waals surface area contributed by atoms with Crippen LogP contribution in [0.4, 0.5) is 11.4 Å². The summed E-state index contributed by atoms with van der Waals surface area (Å²) in [7, 11) is 0. The number of fused-ring (bicyclic) bond motifs is 6. The molecule has 0 spiro atoms. The molecule has 7 aromatic rings. The first-order valence-corrected chi connectivity index (χ1v) is 15.7. The van der Waals surface area contributed by atoms with Crippen molar-refractivity contribution in [2.45, 2.75) is 52.4 Å². The summed E-state index contributed by atoms with van der Waals surface area (Å²) in [6, 6.07) is 25.9. The summed E-state index contributed by atoms with van der Waals surface area (Å²) in [6.45, 7) is 14.8. The Balaban J connectivity index is 0.00000420. The molecule has 4 heterocycles. The van der Waals surface area contributed by atoms with E-state index < -0.39 is 0 Å². The van der Waals surface area contributed by atoms with E-state index in [2.05, 4.69) is 81.8 Å². The van der Waals surface area contributed by atoms with Crippen molar-refractivity contribution >= 4 is 33.2 Å². The van der Waals surface area contributed by atoms with Gasteiger partial charge in [-0.15, -0.1) is 41.3 Å². The van der Waals surface area contributed by atoms with Gasteiger partial charge in [0, 0.05) is 55.8 Å². The minimum atomic E-state index is -0.306. The number of hydrogen-bond donors (Lipinski definition) is 0. The van der Waals surface area contributed by atoms with E-state index in [1.807, 2.05) is 53.8 Å². The fraction of sp³-hybridized carbons (Fsp3) is 0.195. The minimum absolute atomic E-state index is 0. The molecule has 0 atom stereocenters. The van der Waals surface area contributed by atoms with Crippen molar-refractivity contribution in [2.75, 3.05) is 4.90 Å². The van der Waals surface area contributed by atoms with Gasteiger partial charge in [0.05, 0.1) is 5.48 Å². The summed E-state index contributed by atoms with van der Waals surface area (Å²) in [5, 5.41) is 1.03. The number of benzene rings is 4. The molecule has 8 rings (SSSR count). The first kappa shape index (κ1) is 27.2. The van der Waals surface area contributed by atoms with E-state index >= 15 is 0 Å². The molecular formula is C41H36N5OPt-3. The van der Waals surface area contributed by atoms with Crippen LogP contribution in [-0.2, 0) is 31.9 Å². The van der Waals surface area contributed by atoms with Gasteiger partial charge in [0.25, 0.3) is 0 Å². The number of pyridine rings is 1. The number of hydrogen-bond acceptors (Lipinski definition) is 4. The Morgan fingerprint density at radius 1 is 0.792 bits per heavy atom. The number of aromatic nitrogens is 4. The van der Waals surface area contributed by atoms with Crippen LogP contribution in [0.2, 0.25) is 0 Å². The normalized spacial score (nSPS) is 13.9. The van der Waals surface area contributed by atoms with Gasteiger partial charge in [-0.2, -0.15) is 6.07 Å². The number of nitrogens with zero attached hydrogens (tertiary/aromatic N) is 5. The molecule has 0 saturated heterocycles. The van der Waals surface area contributed by atoms with Crippen LogP contribution in [-0.4, -0.2) is 19.1 Å². The van der Waals surface area contributed by atoms with Crippen molar-refractivity contribution < 1.29 is 31.3 Å². The molecule has 0 unspecified atom stereocenters. The zero-order valence-corrected chi connectivity index (χ0v) is 29.8. The topological polar surface area (TPSA) is 48.1 Å². The third-order valence-corrected chi connectivity index (χ3v) is 8.61. The summed E-state index contributed by atoms with van der Waals surface area (Å²) in [4.78, 5) is 11.4. The molecule has 0 radical (unpaired) electrons. The molecule has 0 fully saturated rings. The second-order valence-corrected chi connectivity index (χ2v) is 13.9. The average molecular weight is 814 g/mol. The molecule has 1 aliphatic rings. The van der Waals surface area contributed by atoms with Gasteiger partial charge >= 0.3 is 0 Å². The van der Waals surface area contributed by atoms with Crippen LogP contribution >= 0.6 is 0 Å². The van der Waals surface area contributed by atoms with Gasteiger partial charge in [-0.1, -0.05) is 95.3 Å². The summed E-state index contributed by atoms with van der Waals surface area (Å²) < 4.78 is 45.1. The molecule has 3 aromatic heterocycles. The Hall–Kier alpha value is -4.80. The smallest absolute Gasteiger partial charge is 0.135 e. The molecule has 7 heteroatoms. The summed E-state index contributed by atoms with van der Waals surface area (Å²) in [5.74, 6) is 2.30. The van der Waals surface area contributed by atoms with E-state index in [0.717, 1.165) is 33.9 Å². The van der Waals surface area contributed by atoms with Crippen molar-refractivity contribution in [1.29, 1.82) is 0 Å². The minimum Gasteiger partial charge on any atom is -0.509 e. The zero-order chi connectivity index (χ0) is 36.0. The van der Waals surface area contributed by atoms with Gasteiger partial charge in [-0.05, 0) is 64.5 Å². The van der Waals surface area contributed by atoms with Crippen LogP contribution in [0.5, 0.6) is 11.5 Å². The maximum absolute atomic E-state index is 8.95. The molecule has 0 N–H and O–H groups in total. The number of imidazole rings is 1. The Bertz CT molecular complexity index is 2530. The molecule has 0 amide bonds. The van der Waals surface area contributed by atoms with Crippen LogP contribution in [0.1, 0.15) is 58.2 Å². The molecule has 4 aromatic carbocycles. The second kappa shape index (κ2) is 11.7. The summed E-state index contributed by atoms with van der Waals surface area (Å²) in [5.41, 5.74) is 5.36. The van der Waals surface area contributed by atoms with Gasteiger partial charge < -0.3 is 23.8 Å². The second-order valence-electron chi connectivity index (χ2n) is 13.9. The maximum Gasteiger partial charge on any atom is 0.135 e. The molecular weight excluding hydrogens is 774 g/mol. The summed E-state index contributed by atoms with van der Waals surface area (Å²) in [6.07, 6.45) is 5.45. The van der Waals surface area contributed by atoms with Gasteiger partial charge in [-0.25, -0.2) is 4.98 Å².